The zero-order chi connectivity index (χ0) is 20.3. The van der Waals surface area contributed by atoms with E-state index in [1.165, 1.54) is 54.5 Å². The summed E-state index contributed by atoms with van der Waals surface area (Å²) in [6, 6.07) is 10.7. The number of rotatable bonds is 7. The van der Waals surface area contributed by atoms with Crippen LogP contribution < -0.4 is 5.32 Å². The lowest BCUT2D eigenvalue weighted by atomic mass is 9.87. The highest BCUT2D eigenvalue weighted by atomic mass is 32.1. The van der Waals surface area contributed by atoms with E-state index in [1.54, 1.807) is 11.3 Å². The van der Waals surface area contributed by atoms with Crippen molar-refractivity contribution < 1.29 is 0 Å². The van der Waals surface area contributed by atoms with Crippen LogP contribution in [-0.4, -0.2) is 20.9 Å². The number of fused-ring (bicyclic) bond motifs is 2. The van der Waals surface area contributed by atoms with Crippen LogP contribution in [0.3, 0.4) is 0 Å². The molecule has 0 atom stereocenters. The molecule has 30 heavy (non-hydrogen) atoms. The predicted molar refractivity (Wildman–Crippen MR) is 127 cm³/mol. The topological polar surface area (TPSA) is 42.2 Å². The van der Waals surface area contributed by atoms with Gasteiger partial charge in [0.25, 0.3) is 0 Å². The lowest BCUT2D eigenvalue weighted by Crippen LogP contribution is -2.11. The van der Waals surface area contributed by atoms with E-state index in [0.29, 0.717) is 0 Å². The first kappa shape index (κ1) is 19.3. The van der Waals surface area contributed by atoms with E-state index < -0.39 is 0 Å². The van der Waals surface area contributed by atoms with Gasteiger partial charge in [-0.25, -0.2) is 9.97 Å². The van der Waals surface area contributed by atoms with E-state index in [2.05, 4.69) is 57.8 Å². The van der Waals surface area contributed by atoms with Crippen molar-refractivity contribution in [2.45, 2.75) is 44.9 Å². The molecule has 0 bridgehead atoms. The van der Waals surface area contributed by atoms with Crippen LogP contribution in [0.15, 0.2) is 49.3 Å². The first-order chi connectivity index (χ1) is 14.8. The van der Waals surface area contributed by atoms with Gasteiger partial charge in [0.15, 0.2) is 5.13 Å². The van der Waals surface area contributed by atoms with Crippen LogP contribution in [0, 0.1) is 5.92 Å². The van der Waals surface area contributed by atoms with Gasteiger partial charge in [0.2, 0.25) is 0 Å². The van der Waals surface area contributed by atoms with Gasteiger partial charge in [-0.05, 0) is 47.7 Å². The maximum atomic E-state index is 4.78. The smallest absolute Gasteiger partial charge is 0.183 e. The summed E-state index contributed by atoms with van der Waals surface area (Å²) in [6.45, 7) is 4.87. The first-order valence-corrected chi connectivity index (χ1v) is 11.8. The van der Waals surface area contributed by atoms with E-state index in [1.807, 2.05) is 12.3 Å². The number of hydrogen-bond acceptors (Lipinski definition) is 4. The second-order valence-electron chi connectivity index (χ2n) is 8.36. The Labute approximate surface area is 181 Å². The highest BCUT2D eigenvalue weighted by Gasteiger charge is 2.13. The van der Waals surface area contributed by atoms with Gasteiger partial charge >= 0.3 is 0 Å². The van der Waals surface area contributed by atoms with Gasteiger partial charge in [0.05, 0.1) is 10.2 Å². The SMILES string of the molecule is C=Cc1ccn2c(Cc3ccc4nc(NCCC5CCCCC5)sc4c3)cnc2c1. The molecule has 4 nitrogen and oxygen atoms in total. The number of pyridine rings is 1. The monoisotopic (exact) mass is 416 g/mol. The molecule has 1 aromatic carbocycles. The van der Waals surface area contributed by atoms with Crippen LogP contribution in [0.25, 0.3) is 21.9 Å². The van der Waals surface area contributed by atoms with Crippen LogP contribution in [0.2, 0.25) is 0 Å². The van der Waals surface area contributed by atoms with Crippen molar-refractivity contribution in [2.75, 3.05) is 11.9 Å². The van der Waals surface area contributed by atoms with E-state index in [0.717, 1.165) is 40.7 Å². The van der Waals surface area contributed by atoms with E-state index in [-0.39, 0.29) is 0 Å². The van der Waals surface area contributed by atoms with Crippen LogP contribution in [0.1, 0.15) is 55.3 Å². The Bertz CT molecular complexity index is 1170. The van der Waals surface area contributed by atoms with Gasteiger partial charge in [-0.3, -0.25) is 0 Å². The summed E-state index contributed by atoms with van der Waals surface area (Å²) in [6.07, 6.45) is 15.1. The summed E-state index contributed by atoms with van der Waals surface area (Å²) in [5.74, 6) is 0.903. The molecule has 3 heterocycles. The van der Waals surface area contributed by atoms with Crippen molar-refractivity contribution in [1.82, 2.24) is 14.4 Å². The molecule has 1 saturated carbocycles. The lowest BCUT2D eigenvalue weighted by Gasteiger charge is -2.21. The van der Waals surface area contributed by atoms with Crippen molar-refractivity contribution in [3.05, 3.63) is 66.1 Å². The average Bonchev–Trinajstić information content (AvgIpc) is 3.37. The molecule has 0 saturated heterocycles. The van der Waals surface area contributed by atoms with Gasteiger partial charge in [0.1, 0.15) is 5.65 Å². The zero-order valence-corrected chi connectivity index (χ0v) is 18.1. The highest BCUT2D eigenvalue weighted by molar-refractivity contribution is 7.22. The predicted octanol–water partition coefficient (Wildman–Crippen LogP) is 6.56. The molecule has 1 fully saturated rings. The molecule has 0 amide bonds. The van der Waals surface area contributed by atoms with Gasteiger partial charge < -0.3 is 9.72 Å². The lowest BCUT2D eigenvalue weighted by molar-refractivity contribution is 0.345. The van der Waals surface area contributed by atoms with Crippen LogP contribution in [0.4, 0.5) is 5.13 Å². The second kappa shape index (κ2) is 8.60. The number of imidazole rings is 1. The number of benzene rings is 1. The number of nitrogens with zero attached hydrogens (tertiary/aromatic N) is 3. The first-order valence-electron chi connectivity index (χ1n) is 11.0. The molecule has 0 unspecified atom stereocenters. The van der Waals surface area contributed by atoms with E-state index in [9.17, 15) is 0 Å². The van der Waals surface area contributed by atoms with Crippen LogP contribution in [-0.2, 0) is 6.42 Å². The van der Waals surface area contributed by atoms with Crippen molar-refractivity contribution in [1.29, 1.82) is 0 Å². The Balaban J connectivity index is 1.27. The fourth-order valence-corrected chi connectivity index (χ4v) is 5.48. The third-order valence-electron chi connectivity index (χ3n) is 6.24. The molecular weight excluding hydrogens is 388 g/mol. The Morgan fingerprint density at radius 1 is 1.17 bits per heavy atom. The molecule has 5 heteroatoms. The molecule has 3 aromatic heterocycles. The van der Waals surface area contributed by atoms with Crippen molar-refractivity contribution >= 4 is 38.4 Å². The summed E-state index contributed by atoms with van der Waals surface area (Å²) in [4.78, 5) is 9.34. The number of thiazole rings is 1. The molecule has 0 aliphatic heterocycles. The Kier molecular flexibility index (Phi) is 5.54. The Morgan fingerprint density at radius 2 is 2.07 bits per heavy atom. The van der Waals surface area contributed by atoms with Gasteiger partial charge in [-0.15, -0.1) is 0 Å². The standard InChI is InChI=1S/C25H28N4S/c1-2-18-11-13-29-21(17-27-24(29)16-18)14-20-8-9-22-23(15-20)30-25(28-22)26-12-10-19-6-4-3-5-7-19/h2,8-9,11,13,15-17,19H,1,3-7,10,12,14H2,(H,26,28). The van der Waals surface area contributed by atoms with Gasteiger partial charge in [-0.2, -0.15) is 0 Å². The molecule has 0 radical (unpaired) electrons. The number of aromatic nitrogens is 3. The van der Waals surface area contributed by atoms with Crippen LogP contribution in [0.5, 0.6) is 0 Å². The normalized spacial score (nSPS) is 15.1. The van der Waals surface area contributed by atoms with Crippen molar-refractivity contribution in [3.8, 4) is 0 Å². The summed E-state index contributed by atoms with van der Waals surface area (Å²) in [5.41, 5.74) is 5.61. The fraction of sp³-hybridized carbons (Fsp3) is 0.360. The molecule has 5 rings (SSSR count). The number of anilines is 1. The minimum Gasteiger partial charge on any atom is -0.361 e. The maximum Gasteiger partial charge on any atom is 0.183 e. The van der Waals surface area contributed by atoms with Crippen molar-refractivity contribution in [2.24, 2.45) is 5.92 Å². The molecular formula is C25H28N4S. The highest BCUT2D eigenvalue weighted by Crippen LogP contribution is 2.29. The summed E-state index contributed by atoms with van der Waals surface area (Å²) in [5, 5.41) is 4.61. The Morgan fingerprint density at radius 3 is 2.93 bits per heavy atom. The van der Waals surface area contributed by atoms with Crippen LogP contribution >= 0.6 is 11.3 Å². The third kappa shape index (κ3) is 4.12. The van der Waals surface area contributed by atoms with E-state index in [4.69, 9.17) is 4.98 Å². The number of nitrogens with one attached hydrogen (secondary N) is 1. The minimum absolute atomic E-state index is 0.854. The Hall–Kier alpha value is -2.66. The molecule has 154 valence electrons. The number of hydrogen-bond donors (Lipinski definition) is 1. The molecule has 1 N–H and O–H groups in total. The summed E-state index contributed by atoms with van der Waals surface area (Å²) in [7, 11) is 0. The molecule has 1 aliphatic rings. The van der Waals surface area contributed by atoms with Gasteiger partial charge in [-0.1, -0.05) is 62.2 Å². The third-order valence-corrected chi connectivity index (χ3v) is 7.22. The molecule has 4 aromatic rings. The summed E-state index contributed by atoms with van der Waals surface area (Å²) < 4.78 is 3.40. The largest absolute Gasteiger partial charge is 0.361 e. The van der Waals surface area contributed by atoms with E-state index >= 15 is 0 Å². The quantitative estimate of drug-likeness (QED) is 0.371. The molecule has 1 aliphatic carbocycles. The minimum atomic E-state index is 0.854. The van der Waals surface area contributed by atoms with Crippen molar-refractivity contribution in [3.63, 3.8) is 0 Å². The summed E-state index contributed by atoms with van der Waals surface area (Å²) >= 11 is 1.76. The molecule has 0 spiro atoms. The van der Waals surface area contributed by atoms with Gasteiger partial charge in [0, 0.05) is 31.1 Å². The maximum absolute atomic E-state index is 4.78. The second-order valence-corrected chi connectivity index (χ2v) is 9.39. The average molecular weight is 417 g/mol. The zero-order valence-electron chi connectivity index (χ0n) is 17.3. The fourth-order valence-electron chi connectivity index (χ4n) is 4.53.